The Morgan fingerprint density at radius 3 is 2.67 bits per heavy atom. The predicted molar refractivity (Wildman–Crippen MR) is 92.6 cm³/mol. The fraction of sp³-hybridized carbons (Fsp3) is 0.588. The van der Waals surface area contributed by atoms with Crippen LogP contribution < -0.4 is 4.72 Å². The minimum Gasteiger partial charge on any atom is -0.382 e. The lowest BCUT2D eigenvalue weighted by molar-refractivity contribution is 0.0792. The Kier molecular flexibility index (Phi) is 6.77. The van der Waals surface area contributed by atoms with Gasteiger partial charge in [0.15, 0.2) is 0 Å². The zero-order chi connectivity index (χ0) is 17.6. The first kappa shape index (κ1) is 18.9. The van der Waals surface area contributed by atoms with E-state index in [9.17, 15) is 13.2 Å². The van der Waals surface area contributed by atoms with Gasteiger partial charge in [-0.15, -0.1) is 0 Å². The van der Waals surface area contributed by atoms with Gasteiger partial charge in [0.1, 0.15) is 0 Å². The minimum absolute atomic E-state index is 0.0848. The van der Waals surface area contributed by atoms with Crippen LogP contribution in [0, 0.1) is 6.92 Å². The molecule has 1 aromatic rings. The van der Waals surface area contributed by atoms with Gasteiger partial charge >= 0.3 is 0 Å². The van der Waals surface area contributed by atoms with Crippen molar-refractivity contribution in [3.63, 3.8) is 0 Å². The molecule has 0 unspecified atom stereocenters. The van der Waals surface area contributed by atoms with Crippen molar-refractivity contribution in [2.75, 3.05) is 32.8 Å². The average Bonchev–Trinajstić information content (AvgIpc) is 3.08. The van der Waals surface area contributed by atoms with E-state index >= 15 is 0 Å². The number of rotatable bonds is 8. The molecular formula is C17H26N2O4S. The standard InChI is InChI=1S/C17H26N2O4S/c1-3-23-12-6-9-18-24(21,22)15-8-7-14(2)16(13-15)17(20)19-10-4-5-11-19/h7-8,13,18H,3-6,9-12H2,1-2H3. The van der Waals surface area contributed by atoms with Crippen molar-refractivity contribution in [1.29, 1.82) is 0 Å². The Balaban J connectivity index is 2.09. The molecule has 1 heterocycles. The van der Waals surface area contributed by atoms with E-state index in [1.165, 1.54) is 6.07 Å². The third-order valence-electron chi connectivity index (χ3n) is 4.10. The highest BCUT2D eigenvalue weighted by Gasteiger charge is 2.23. The molecule has 0 aliphatic carbocycles. The number of carbonyl (C=O) groups is 1. The number of hydrogen-bond donors (Lipinski definition) is 1. The number of sulfonamides is 1. The molecule has 0 radical (unpaired) electrons. The molecule has 0 atom stereocenters. The van der Waals surface area contributed by atoms with Gasteiger partial charge in [-0.3, -0.25) is 4.79 Å². The third kappa shape index (κ3) is 4.78. The van der Waals surface area contributed by atoms with Crippen molar-refractivity contribution in [2.45, 2.75) is 38.0 Å². The lowest BCUT2D eigenvalue weighted by Gasteiger charge is -2.17. The maximum absolute atomic E-state index is 12.6. The van der Waals surface area contributed by atoms with Crippen LogP contribution in [0.4, 0.5) is 0 Å². The molecule has 1 aromatic carbocycles. The summed E-state index contributed by atoms with van der Waals surface area (Å²) in [6, 6.07) is 4.72. The fourth-order valence-electron chi connectivity index (χ4n) is 2.70. The molecule has 1 aliphatic rings. The van der Waals surface area contributed by atoms with Gasteiger partial charge in [-0.2, -0.15) is 0 Å². The van der Waals surface area contributed by atoms with E-state index in [-0.39, 0.29) is 10.8 Å². The maximum atomic E-state index is 12.6. The van der Waals surface area contributed by atoms with Gasteiger partial charge in [0.05, 0.1) is 4.90 Å². The highest BCUT2D eigenvalue weighted by molar-refractivity contribution is 7.89. The van der Waals surface area contributed by atoms with Crippen molar-refractivity contribution in [3.05, 3.63) is 29.3 Å². The molecule has 1 fully saturated rings. The predicted octanol–water partition coefficient (Wildman–Crippen LogP) is 1.94. The summed E-state index contributed by atoms with van der Waals surface area (Å²) < 4.78 is 32.5. The Hall–Kier alpha value is -1.44. The maximum Gasteiger partial charge on any atom is 0.254 e. The topological polar surface area (TPSA) is 75.7 Å². The summed E-state index contributed by atoms with van der Waals surface area (Å²) in [5.41, 5.74) is 1.26. The summed E-state index contributed by atoms with van der Waals surface area (Å²) in [6.07, 6.45) is 2.62. The largest absolute Gasteiger partial charge is 0.382 e. The first-order valence-corrected chi connectivity index (χ1v) is 9.91. The Bertz CT molecular complexity index is 667. The van der Waals surface area contributed by atoms with Crippen LogP contribution in [0.3, 0.4) is 0 Å². The number of ether oxygens (including phenoxy) is 1. The highest BCUT2D eigenvalue weighted by atomic mass is 32.2. The molecule has 6 nitrogen and oxygen atoms in total. The van der Waals surface area contributed by atoms with Crippen LogP contribution in [0.25, 0.3) is 0 Å². The minimum atomic E-state index is -3.62. The van der Waals surface area contributed by atoms with E-state index in [1.807, 2.05) is 13.8 Å². The first-order chi connectivity index (χ1) is 11.5. The molecule has 1 aliphatic heterocycles. The molecule has 0 aromatic heterocycles. The lowest BCUT2D eigenvalue weighted by Crippen LogP contribution is -2.29. The van der Waals surface area contributed by atoms with Crippen molar-refractivity contribution in [1.82, 2.24) is 9.62 Å². The molecule has 7 heteroatoms. The molecule has 0 bridgehead atoms. The summed E-state index contributed by atoms with van der Waals surface area (Å²) >= 11 is 0. The van der Waals surface area contributed by atoms with Crippen LogP contribution in [0.15, 0.2) is 23.1 Å². The monoisotopic (exact) mass is 354 g/mol. The van der Waals surface area contributed by atoms with Crippen LogP contribution in [0.5, 0.6) is 0 Å². The van der Waals surface area contributed by atoms with Crippen molar-refractivity contribution >= 4 is 15.9 Å². The van der Waals surface area contributed by atoms with Crippen LogP contribution in [-0.2, 0) is 14.8 Å². The van der Waals surface area contributed by atoms with Crippen molar-refractivity contribution < 1.29 is 17.9 Å². The van der Waals surface area contributed by atoms with Crippen molar-refractivity contribution in [3.8, 4) is 0 Å². The summed E-state index contributed by atoms with van der Waals surface area (Å²) in [6.45, 7) is 6.66. The number of likely N-dealkylation sites (tertiary alicyclic amines) is 1. The van der Waals surface area contributed by atoms with Gasteiger partial charge in [0.25, 0.3) is 5.91 Å². The van der Waals surface area contributed by atoms with E-state index < -0.39 is 10.0 Å². The molecular weight excluding hydrogens is 328 g/mol. The Labute approximate surface area is 144 Å². The summed E-state index contributed by atoms with van der Waals surface area (Å²) in [5.74, 6) is -0.0848. The second kappa shape index (κ2) is 8.60. The van der Waals surface area contributed by atoms with E-state index in [0.717, 1.165) is 31.5 Å². The average molecular weight is 354 g/mol. The fourth-order valence-corrected chi connectivity index (χ4v) is 3.80. The number of amides is 1. The van der Waals surface area contributed by atoms with Gasteiger partial charge in [-0.25, -0.2) is 13.1 Å². The number of carbonyl (C=O) groups excluding carboxylic acids is 1. The molecule has 0 saturated carbocycles. The van der Waals surface area contributed by atoms with Gasteiger partial charge in [0.2, 0.25) is 10.0 Å². The number of nitrogens with one attached hydrogen (secondary N) is 1. The number of hydrogen-bond acceptors (Lipinski definition) is 4. The van der Waals surface area contributed by atoms with E-state index in [2.05, 4.69) is 4.72 Å². The summed E-state index contributed by atoms with van der Waals surface area (Å²) in [7, 11) is -3.62. The smallest absolute Gasteiger partial charge is 0.254 e. The zero-order valence-corrected chi connectivity index (χ0v) is 15.2. The van der Waals surface area contributed by atoms with E-state index in [4.69, 9.17) is 4.74 Å². The van der Waals surface area contributed by atoms with Gasteiger partial charge in [-0.05, 0) is 50.8 Å². The van der Waals surface area contributed by atoms with Crippen LogP contribution in [0.2, 0.25) is 0 Å². The molecule has 24 heavy (non-hydrogen) atoms. The number of nitrogens with zero attached hydrogens (tertiary/aromatic N) is 1. The van der Waals surface area contributed by atoms with Crippen LogP contribution >= 0.6 is 0 Å². The molecule has 0 spiro atoms. The van der Waals surface area contributed by atoms with Gasteiger partial charge < -0.3 is 9.64 Å². The molecule has 1 amide bonds. The number of benzene rings is 1. The molecule has 1 saturated heterocycles. The van der Waals surface area contributed by atoms with E-state index in [0.29, 0.717) is 31.7 Å². The summed E-state index contributed by atoms with van der Waals surface area (Å²) in [5, 5.41) is 0. The van der Waals surface area contributed by atoms with E-state index in [1.54, 1.807) is 17.0 Å². The molecule has 1 N–H and O–H groups in total. The lowest BCUT2D eigenvalue weighted by atomic mass is 10.1. The SMILES string of the molecule is CCOCCCNS(=O)(=O)c1ccc(C)c(C(=O)N2CCCC2)c1. The normalized spacial score (nSPS) is 15.0. The molecule has 134 valence electrons. The van der Waals surface area contributed by atoms with Crippen LogP contribution in [0.1, 0.15) is 42.1 Å². The Morgan fingerprint density at radius 2 is 2.00 bits per heavy atom. The molecule has 2 rings (SSSR count). The van der Waals surface area contributed by atoms with Crippen molar-refractivity contribution in [2.24, 2.45) is 0 Å². The quantitative estimate of drug-likeness (QED) is 0.724. The van der Waals surface area contributed by atoms with Crippen LogP contribution in [-0.4, -0.2) is 52.1 Å². The number of aryl methyl sites for hydroxylation is 1. The third-order valence-corrected chi connectivity index (χ3v) is 5.56. The van der Waals surface area contributed by atoms with Gasteiger partial charge in [-0.1, -0.05) is 6.07 Å². The van der Waals surface area contributed by atoms with Gasteiger partial charge in [0, 0.05) is 38.4 Å². The summed E-state index contributed by atoms with van der Waals surface area (Å²) in [4.78, 5) is 14.5. The zero-order valence-electron chi connectivity index (χ0n) is 14.4. The second-order valence-corrected chi connectivity index (χ2v) is 7.69. The Morgan fingerprint density at radius 1 is 1.29 bits per heavy atom. The first-order valence-electron chi connectivity index (χ1n) is 8.43. The second-order valence-electron chi connectivity index (χ2n) is 5.92. The highest BCUT2D eigenvalue weighted by Crippen LogP contribution is 2.19.